The van der Waals surface area contributed by atoms with Gasteiger partial charge in [-0.2, -0.15) is 0 Å². The lowest BCUT2D eigenvalue weighted by atomic mass is 10.1. The van der Waals surface area contributed by atoms with E-state index in [1.165, 1.54) is 28.4 Å². The van der Waals surface area contributed by atoms with Crippen molar-refractivity contribution in [2.75, 3.05) is 26.4 Å². The molecule has 1 aromatic carbocycles. The molecule has 0 aliphatic rings. The molecule has 27 heavy (non-hydrogen) atoms. The van der Waals surface area contributed by atoms with Gasteiger partial charge in [-0.3, -0.25) is 14.9 Å². The third kappa shape index (κ3) is 6.27. The van der Waals surface area contributed by atoms with Crippen LogP contribution in [-0.4, -0.2) is 50.5 Å². The maximum absolute atomic E-state index is 12.1. The Morgan fingerprint density at radius 2 is 2.00 bits per heavy atom. The van der Waals surface area contributed by atoms with E-state index in [0.717, 1.165) is 16.0 Å². The Balaban J connectivity index is 2.03. The van der Waals surface area contributed by atoms with Crippen LogP contribution in [0.5, 0.6) is 0 Å². The van der Waals surface area contributed by atoms with Crippen molar-refractivity contribution < 1.29 is 18.1 Å². The summed E-state index contributed by atoms with van der Waals surface area (Å²) >= 11 is 1.34. The third-order valence-electron chi connectivity index (χ3n) is 3.57. The van der Waals surface area contributed by atoms with Crippen LogP contribution in [0.25, 0.3) is 16.5 Å². The van der Waals surface area contributed by atoms with Gasteiger partial charge in [-0.1, -0.05) is 12.1 Å². The van der Waals surface area contributed by atoms with Gasteiger partial charge < -0.3 is 4.90 Å². The van der Waals surface area contributed by atoms with Gasteiger partial charge in [0.15, 0.2) is 0 Å². The highest BCUT2D eigenvalue weighted by molar-refractivity contribution is 7.88. The number of carbonyl (C=O) groups excluding carboxylic acids is 1. The number of nitrogens with zero attached hydrogens (tertiary/aromatic N) is 2. The van der Waals surface area contributed by atoms with Crippen molar-refractivity contribution in [3.8, 4) is 10.4 Å². The van der Waals surface area contributed by atoms with Crippen molar-refractivity contribution in [2.45, 2.75) is 0 Å². The Hall–Kier alpha value is -2.56. The van der Waals surface area contributed by atoms with Crippen molar-refractivity contribution in [3.05, 3.63) is 57.5 Å². The standard InChI is InChI=1S/C17H19N3O5S2/c1-19(12-11-18-27(2,24)25)17(21)10-8-13-7-9-16(26-13)14-5-3-4-6-15(14)20(22)23/h3-10,18H,11-12H2,1-2H3. The second-order valence-corrected chi connectivity index (χ2v) is 8.68. The molecule has 0 atom stereocenters. The third-order valence-corrected chi connectivity index (χ3v) is 5.38. The number of likely N-dealkylation sites (N-methyl/N-ethyl adjacent to an activating group) is 1. The molecular formula is C17H19N3O5S2. The van der Waals surface area contributed by atoms with E-state index in [9.17, 15) is 23.3 Å². The van der Waals surface area contributed by atoms with Crippen molar-refractivity contribution in [3.63, 3.8) is 0 Å². The van der Waals surface area contributed by atoms with Gasteiger partial charge >= 0.3 is 0 Å². The van der Waals surface area contributed by atoms with E-state index in [-0.39, 0.29) is 24.7 Å². The van der Waals surface area contributed by atoms with Crippen LogP contribution in [0, 0.1) is 10.1 Å². The summed E-state index contributed by atoms with van der Waals surface area (Å²) in [4.78, 5) is 25.7. The van der Waals surface area contributed by atoms with Crippen molar-refractivity contribution in [1.29, 1.82) is 0 Å². The molecule has 10 heteroatoms. The number of amides is 1. The van der Waals surface area contributed by atoms with Crippen LogP contribution < -0.4 is 4.72 Å². The number of sulfonamides is 1. The van der Waals surface area contributed by atoms with E-state index < -0.39 is 14.9 Å². The maximum atomic E-state index is 12.1. The molecule has 0 saturated carbocycles. The second-order valence-electron chi connectivity index (χ2n) is 5.74. The zero-order chi connectivity index (χ0) is 20.0. The molecule has 1 N–H and O–H groups in total. The minimum Gasteiger partial charge on any atom is -0.341 e. The van der Waals surface area contributed by atoms with Gasteiger partial charge in [-0.15, -0.1) is 11.3 Å². The van der Waals surface area contributed by atoms with Crippen molar-refractivity contribution >= 4 is 39.0 Å². The lowest BCUT2D eigenvalue weighted by Gasteiger charge is -2.14. The summed E-state index contributed by atoms with van der Waals surface area (Å²) in [5.74, 6) is -0.272. The largest absolute Gasteiger partial charge is 0.341 e. The van der Waals surface area contributed by atoms with Crippen LogP contribution in [0.2, 0.25) is 0 Å². The highest BCUT2D eigenvalue weighted by atomic mass is 32.2. The molecule has 0 aliphatic heterocycles. The van der Waals surface area contributed by atoms with Crippen LogP contribution in [0.1, 0.15) is 4.88 Å². The molecular weight excluding hydrogens is 390 g/mol. The Kier molecular flexibility index (Phi) is 6.83. The molecule has 0 aliphatic carbocycles. The first-order chi connectivity index (χ1) is 12.7. The van der Waals surface area contributed by atoms with Crippen LogP contribution in [-0.2, 0) is 14.8 Å². The summed E-state index contributed by atoms with van der Waals surface area (Å²) in [6.07, 6.45) is 4.07. The fourth-order valence-corrected chi connectivity index (χ4v) is 3.62. The predicted molar refractivity (Wildman–Crippen MR) is 106 cm³/mol. The van der Waals surface area contributed by atoms with Crippen molar-refractivity contribution in [1.82, 2.24) is 9.62 Å². The highest BCUT2D eigenvalue weighted by Crippen LogP contribution is 2.34. The molecule has 0 radical (unpaired) electrons. The first-order valence-corrected chi connectivity index (χ1v) is 10.6. The van der Waals surface area contributed by atoms with Gasteiger partial charge in [0.25, 0.3) is 5.69 Å². The zero-order valence-corrected chi connectivity index (χ0v) is 16.4. The lowest BCUT2D eigenvalue weighted by Crippen LogP contribution is -2.34. The molecule has 0 unspecified atom stereocenters. The molecule has 8 nitrogen and oxygen atoms in total. The first-order valence-electron chi connectivity index (χ1n) is 7.89. The number of para-hydroxylation sites is 1. The summed E-state index contributed by atoms with van der Waals surface area (Å²) in [5, 5.41) is 11.1. The summed E-state index contributed by atoms with van der Waals surface area (Å²) in [7, 11) is -1.71. The topological polar surface area (TPSA) is 110 Å². The number of thiophene rings is 1. The summed E-state index contributed by atoms with van der Waals surface area (Å²) in [6.45, 7) is 0.373. The summed E-state index contributed by atoms with van der Waals surface area (Å²) < 4.78 is 24.3. The predicted octanol–water partition coefficient (Wildman–Crippen LogP) is 2.34. The minimum atomic E-state index is -3.29. The number of nitro groups is 1. The molecule has 0 spiro atoms. The van der Waals surface area contributed by atoms with Gasteiger partial charge in [0, 0.05) is 42.0 Å². The number of hydrogen-bond acceptors (Lipinski definition) is 6. The first kappa shape index (κ1) is 20.7. The number of hydrogen-bond donors (Lipinski definition) is 1. The SMILES string of the molecule is CN(CCNS(C)(=O)=O)C(=O)C=Cc1ccc(-c2ccccc2[N+](=O)[O-])s1. The second kappa shape index (κ2) is 8.89. The normalized spacial score (nSPS) is 11.6. The lowest BCUT2D eigenvalue weighted by molar-refractivity contribution is -0.384. The number of nitrogens with one attached hydrogen (secondary N) is 1. The Labute approximate surface area is 161 Å². The van der Waals surface area contributed by atoms with Gasteiger partial charge in [0.2, 0.25) is 15.9 Å². The number of benzene rings is 1. The Morgan fingerprint density at radius 1 is 1.30 bits per heavy atom. The van der Waals surface area contributed by atoms with Crippen LogP contribution in [0.4, 0.5) is 5.69 Å². The number of nitro benzene ring substituents is 1. The molecule has 0 bridgehead atoms. The van der Waals surface area contributed by atoms with Crippen LogP contribution in [0.15, 0.2) is 42.5 Å². The van der Waals surface area contributed by atoms with E-state index in [0.29, 0.717) is 5.56 Å². The molecule has 0 saturated heterocycles. The summed E-state index contributed by atoms with van der Waals surface area (Å²) in [5.41, 5.74) is 0.562. The Bertz CT molecular complexity index is 966. The molecule has 144 valence electrons. The molecule has 2 aromatic rings. The average molecular weight is 409 g/mol. The van der Waals surface area contributed by atoms with E-state index in [2.05, 4.69) is 4.72 Å². The summed E-state index contributed by atoms with van der Waals surface area (Å²) in [6, 6.07) is 10.0. The van der Waals surface area contributed by atoms with Gasteiger partial charge in [-0.25, -0.2) is 13.1 Å². The Morgan fingerprint density at radius 3 is 2.67 bits per heavy atom. The zero-order valence-electron chi connectivity index (χ0n) is 14.8. The number of rotatable bonds is 8. The van der Waals surface area contributed by atoms with Crippen LogP contribution >= 0.6 is 11.3 Å². The average Bonchev–Trinajstić information content (AvgIpc) is 3.07. The van der Waals surface area contributed by atoms with Crippen molar-refractivity contribution in [2.24, 2.45) is 0 Å². The van der Waals surface area contributed by atoms with Gasteiger partial charge in [-0.05, 0) is 24.3 Å². The quantitative estimate of drug-likeness (QED) is 0.409. The smallest absolute Gasteiger partial charge is 0.278 e. The van der Waals surface area contributed by atoms with E-state index >= 15 is 0 Å². The highest BCUT2D eigenvalue weighted by Gasteiger charge is 2.15. The van der Waals surface area contributed by atoms with Gasteiger partial charge in [0.05, 0.1) is 16.7 Å². The molecule has 1 amide bonds. The maximum Gasteiger partial charge on any atom is 0.278 e. The minimum absolute atomic E-state index is 0.0315. The van der Waals surface area contributed by atoms with E-state index in [1.54, 1.807) is 43.5 Å². The monoisotopic (exact) mass is 409 g/mol. The molecule has 0 fully saturated rings. The van der Waals surface area contributed by atoms with Gasteiger partial charge in [0.1, 0.15) is 0 Å². The molecule has 1 aromatic heterocycles. The van der Waals surface area contributed by atoms with Crippen LogP contribution in [0.3, 0.4) is 0 Å². The van der Waals surface area contributed by atoms with E-state index in [4.69, 9.17) is 0 Å². The molecule has 1 heterocycles. The fraction of sp³-hybridized carbons (Fsp3) is 0.235. The molecule has 2 rings (SSSR count). The number of carbonyl (C=O) groups is 1. The fourth-order valence-electron chi connectivity index (χ4n) is 2.22. The van der Waals surface area contributed by atoms with E-state index in [1.807, 2.05) is 0 Å².